The average molecular weight is 271 g/mol. The summed E-state index contributed by atoms with van der Waals surface area (Å²) in [6.07, 6.45) is 1.74. The van der Waals surface area contributed by atoms with Crippen molar-refractivity contribution in [1.29, 1.82) is 0 Å². The normalized spacial score (nSPS) is 10.1. The van der Waals surface area contributed by atoms with E-state index in [4.69, 9.17) is 10.5 Å². The zero-order valence-electron chi connectivity index (χ0n) is 11.5. The summed E-state index contributed by atoms with van der Waals surface area (Å²) in [7, 11) is 1.34. The van der Waals surface area contributed by atoms with Gasteiger partial charge in [-0.3, -0.25) is 4.98 Å². The Kier molecular flexibility index (Phi) is 4.20. The third-order valence-corrected chi connectivity index (χ3v) is 2.99. The van der Waals surface area contributed by atoms with Gasteiger partial charge in [-0.25, -0.2) is 4.79 Å². The Labute approximate surface area is 117 Å². The van der Waals surface area contributed by atoms with Gasteiger partial charge in [-0.15, -0.1) is 0 Å². The van der Waals surface area contributed by atoms with Crippen LogP contribution in [0, 0.1) is 6.92 Å². The largest absolute Gasteiger partial charge is 0.465 e. The van der Waals surface area contributed by atoms with E-state index in [1.807, 2.05) is 31.2 Å². The highest BCUT2D eigenvalue weighted by Crippen LogP contribution is 2.23. The number of hydrogen-bond donors (Lipinski definition) is 2. The van der Waals surface area contributed by atoms with Crippen LogP contribution in [0.15, 0.2) is 36.5 Å². The number of nitrogen functional groups attached to an aromatic ring is 1. The standard InChI is InChI=1S/C15H17N3O2/c1-10-7-12(8-13(14(10)16)15(19)20-2)18-9-11-5-3-4-6-17-11/h3-8,18H,9,16H2,1-2H3. The molecule has 0 bridgehead atoms. The number of anilines is 2. The summed E-state index contributed by atoms with van der Waals surface area (Å²) in [6.45, 7) is 2.43. The number of rotatable bonds is 4. The summed E-state index contributed by atoms with van der Waals surface area (Å²) in [5.74, 6) is -0.438. The second kappa shape index (κ2) is 6.06. The van der Waals surface area contributed by atoms with E-state index in [1.54, 1.807) is 12.3 Å². The summed E-state index contributed by atoms with van der Waals surface area (Å²) in [4.78, 5) is 15.9. The van der Waals surface area contributed by atoms with Gasteiger partial charge >= 0.3 is 5.97 Å². The molecule has 1 aromatic carbocycles. The van der Waals surface area contributed by atoms with E-state index in [0.29, 0.717) is 17.8 Å². The molecule has 20 heavy (non-hydrogen) atoms. The molecule has 0 aliphatic rings. The van der Waals surface area contributed by atoms with E-state index >= 15 is 0 Å². The first-order valence-electron chi connectivity index (χ1n) is 6.24. The molecule has 0 aliphatic heterocycles. The highest BCUT2D eigenvalue weighted by Gasteiger charge is 2.13. The summed E-state index contributed by atoms with van der Waals surface area (Å²) < 4.78 is 4.73. The minimum atomic E-state index is -0.438. The maximum Gasteiger partial charge on any atom is 0.340 e. The Balaban J connectivity index is 2.20. The average Bonchev–Trinajstić information content (AvgIpc) is 2.48. The van der Waals surface area contributed by atoms with Crippen LogP contribution < -0.4 is 11.1 Å². The zero-order chi connectivity index (χ0) is 14.5. The Morgan fingerprint density at radius 2 is 2.20 bits per heavy atom. The fraction of sp³-hybridized carbons (Fsp3) is 0.200. The number of carbonyl (C=O) groups excluding carboxylic acids is 1. The molecular weight excluding hydrogens is 254 g/mol. The van der Waals surface area contributed by atoms with E-state index in [0.717, 1.165) is 16.9 Å². The van der Waals surface area contributed by atoms with Gasteiger partial charge in [0.1, 0.15) is 0 Å². The molecule has 0 saturated heterocycles. The quantitative estimate of drug-likeness (QED) is 0.659. The van der Waals surface area contributed by atoms with Gasteiger partial charge in [0.25, 0.3) is 0 Å². The first-order chi connectivity index (χ1) is 9.61. The van der Waals surface area contributed by atoms with E-state index in [9.17, 15) is 4.79 Å². The first-order valence-corrected chi connectivity index (χ1v) is 6.24. The number of aryl methyl sites for hydroxylation is 1. The highest BCUT2D eigenvalue weighted by atomic mass is 16.5. The third-order valence-electron chi connectivity index (χ3n) is 2.99. The van der Waals surface area contributed by atoms with Gasteiger partial charge in [-0.2, -0.15) is 0 Å². The number of esters is 1. The van der Waals surface area contributed by atoms with Gasteiger partial charge in [0.15, 0.2) is 0 Å². The van der Waals surface area contributed by atoms with Crippen LogP contribution in [-0.2, 0) is 11.3 Å². The molecule has 0 radical (unpaired) electrons. The minimum Gasteiger partial charge on any atom is -0.465 e. The Morgan fingerprint density at radius 3 is 2.85 bits per heavy atom. The number of methoxy groups -OCH3 is 1. The van der Waals surface area contributed by atoms with Crippen LogP contribution in [0.4, 0.5) is 11.4 Å². The van der Waals surface area contributed by atoms with Crippen LogP contribution in [0.1, 0.15) is 21.6 Å². The van der Waals surface area contributed by atoms with E-state index in [1.165, 1.54) is 7.11 Å². The predicted molar refractivity (Wildman–Crippen MR) is 78.5 cm³/mol. The maximum atomic E-state index is 11.7. The lowest BCUT2D eigenvalue weighted by atomic mass is 10.1. The van der Waals surface area contributed by atoms with Crippen LogP contribution in [0.25, 0.3) is 0 Å². The molecule has 0 spiro atoms. The number of nitrogens with one attached hydrogen (secondary N) is 1. The van der Waals surface area contributed by atoms with Crippen LogP contribution in [-0.4, -0.2) is 18.1 Å². The Bertz CT molecular complexity index is 612. The monoisotopic (exact) mass is 271 g/mol. The second-order valence-electron chi connectivity index (χ2n) is 4.42. The molecule has 3 N–H and O–H groups in total. The van der Waals surface area contributed by atoms with Gasteiger partial charge in [0, 0.05) is 17.6 Å². The minimum absolute atomic E-state index is 0.371. The van der Waals surface area contributed by atoms with Crippen LogP contribution in [0.3, 0.4) is 0 Å². The maximum absolute atomic E-state index is 11.7. The fourth-order valence-electron chi connectivity index (χ4n) is 1.87. The molecule has 5 nitrogen and oxygen atoms in total. The van der Waals surface area contributed by atoms with Crippen LogP contribution >= 0.6 is 0 Å². The molecule has 5 heteroatoms. The van der Waals surface area contributed by atoms with Gasteiger partial charge in [0.2, 0.25) is 0 Å². The topological polar surface area (TPSA) is 77.2 Å². The van der Waals surface area contributed by atoms with Gasteiger partial charge in [-0.1, -0.05) is 6.07 Å². The van der Waals surface area contributed by atoms with Crippen molar-refractivity contribution in [2.24, 2.45) is 0 Å². The van der Waals surface area contributed by atoms with Crippen LogP contribution in [0.2, 0.25) is 0 Å². The summed E-state index contributed by atoms with van der Waals surface area (Å²) in [5.41, 5.74) is 9.27. The summed E-state index contributed by atoms with van der Waals surface area (Å²) in [6, 6.07) is 9.31. The number of pyridine rings is 1. The number of nitrogens with zero attached hydrogens (tertiary/aromatic N) is 1. The summed E-state index contributed by atoms with van der Waals surface area (Å²) >= 11 is 0. The molecule has 0 aliphatic carbocycles. The summed E-state index contributed by atoms with van der Waals surface area (Å²) in [5, 5.41) is 3.22. The van der Waals surface area contributed by atoms with Gasteiger partial charge in [0.05, 0.1) is 24.9 Å². The highest BCUT2D eigenvalue weighted by molar-refractivity contribution is 5.97. The van der Waals surface area contributed by atoms with Crippen molar-refractivity contribution in [2.45, 2.75) is 13.5 Å². The third kappa shape index (κ3) is 3.06. The molecule has 0 saturated carbocycles. The first kappa shape index (κ1) is 13.9. The van der Waals surface area contributed by atoms with Crippen molar-refractivity contribution >= 4 is 17.3 Å². The molecule has 0 amide bonds. The molecule has 0 fully saturated rings. The van der Waals surface area contributed by atoms with Crippen molar-refractivity contribution in [1.82, 2.24) is 4.98 Å². The number of nitrogens with two attached hydrogens (primary N) is 1. The molecule has 2 rings (SSSR count). The van der Waals surface area contributed by atoms with E-state index < -0.39 is 5.97 Å². The lowest BCUT2D eigenvalue weighted by Crippen LogP contribution is -2.09. The molecule has 1 aromatic heterocycles. The number of aromatic nitrogens is 1. The van der Waals surface area contributed by atoms with Crippen molar-refractivity contribution in [3.63, 3.8) is 0 Å². The van der Waals surface area contributed by atoms with Gasteiger partial charge in [-0.05, 0) is 36.8 Å². The van der Waals surface area contributed by atoms with Crippen molar-refractivity contribution < 1.29 is 9.53 Å². The van der Waals surface area contributed by atoms with Crippen molar-refractivity contribution in [3.8, 4) is 0 Å². The van der Waals surface area contributed by atoms with Crippen molar-refractivity contribution in [2.75, 3.05) is 18.2 Å². The molecule has 0 unspecified atom stereocenters. The lowest BCUT2D eigenvalue weighted by Gasteiger charge is -2.12. The molecule has 104 valence electrons. The molecule has 0 atom stereocenters. The molecule has 2 aromatic rings. The lowest BCUT2D eigenvalue weighted by molar-refractivity contribution is 0.0602. The van der Waals surface area contributed by atoms with Crippen LogP contribution in [0.5, 0.6) is 0 Å². The Morgan fingerprint density at radius 1 is 1.40 bits per heavy atom. The van der Waals surface area contributed by atoms with Gasteiger partial charge < -0.3 is 15.8 Å². The van der Waals surface area contributed by atoms with E-state index in [2.05, 4.69) is 10.3 Å². The number of benzene rings is 1. The second-order valence-corrected chi connectivity index (χ2v) is 4.42. The SMILES string of the molecule is COC(=O)c1cc(NCc2ccccn2)cc(C)c1N. The molecular formula is C15H17N3O2. The number of carbonyl (C=O) groups is 1. The number of hydrogen-bond acceptors (Lipinski definition) is 5. The smallest absolute Gasteiger partial charge is 0.340 e. The number of ether oxygens (including phenoxy) is 1. The zero-order valence-corrected chi connectivity index (χ0v) is 11.5. The van der Waals surface area contributed by atoms with E-state index in [-0.39, 0.29) is 0 Å². The fourth-order valence-corrected chi connectivity index (χ4v) is 1.87. The predicted octanol–water partition coefficient (Wildman–Crippen LogP) is 2.37. The Hall–Kier alpha value is -2.56. The molecule has 1 heterocycles. The van der Waals surface area contributed by atoms with Crippen molar-refractivity contribution in [3.05, 3.63) is 53.3 Å².